The first kappa shape index (κ1) is 18.4. The summed E-state index contributed by atoms with van der Waals surface area (Å²) in [5.74, 6) is -2.10. The van der Waals surface area contributed by atoms with Gasteiger partial charge in [0.2, 0.25) is 11.8 Å². The van der Waals surface area contributed by atoms with Crippen LogP contribution in [0.15, 0.2) is 66.7 Å². The predicted molar refractivity (Wildman–Crippen MR) is 117 cm³/mol. The van der Waals surface area contributed by atoms with Gasteiger partial charge in [-0.1, -0.05) is 71.7 Å². The van der Waals surface area contributed by atoms with Gasteiger partial charge in [-0.3, -0.25) is 9.59 Å². The molecule has 1 heterocycles. The van der Waals surface area contributed by atoms with Crippen molar-refractivity contribution in [1.82, 2.24) is 0 Å². The molecule has 3 aliphatic carbocycles. The van der Waals surface area contributed by atoms with Gasteiger partial charge < -0.3 is 0 Å². The van der Waals surface area contributed by atoms with Gasteiger partial charge in [-0.2, -0.15) is 0 Å². The van der Waals surface area contributed by atoms with Gasteiger partial charge in [0.05, 0.1) is 22.5 Å². The molecule has 3 aromatic rings. The Morgan fingerprint density at radius 1 is 0.800 bits per heavy atom. The van der Waals surface area contributed by atoms with E-state index in [1.54, 1.807) is 12.1 Å². The first-order chi connectivity index (χ1) is 14.4. The first-order valence-corrected chi connectivity index (χ1v) is 10.8. The molecule has 7 rings (SSSR count). The molecule has 2 atom stereocenters. The molecule has 0 radical (unpaired) electrons. The molecule has 3 aromatic carbocycles. The van der Waals surface area contributed by atoms with Crippen LogP contribution in [-0.4, -0.2) is 11.8 Å². The lowest BCUT2D eigenvalue weighted by molar-refractivity contribution is -0.122. The molecule has 0 spiro atoms. The summed E-state index contributed by atoms with van der Waals surface area (Å²) in [6.45, 7) is 0. The molecule has 0 saturated carbocycles. The molecule has 30 heavy (non-hydrogen) atoms. The Morgan fingerprint density at radius 3 is 2.00 bits per heavy atom. The van der Waals surface area contributed by atoms with E-state index < -0.39 is 16.7 Å². The van der Waals surface area contributed by atoms with E-state index in [2.05, 4.69) is 0 Å². The van der Waals surface area contributed by atoms with Crippen LogP contribution in [0.5, 0.6) is 0 Å². The van der Waals surface area contributed by atoms with Crippen LogP contribution in [0, 0.1) is 11.8 Å². The topological polar surface area (TPSA) is 37.4 Å². The van der Waals surface area contributed by atoms with E-state index in [-0.39, 0.29) is 22.8 Å². The number of carbonyl (C=O) groups is 2. The van der Waals surface area contributed by atoms with E-state index in [1.807, 2.05) is 48.5 Å². The lowest BCUT2D eigenvalue weighted by Gasteiger charge is -2.50. The molecule has 1 fully saturated rings. The SMILES string of the molecule is O=C1[C@@H]2C3c4ccccc4C(Cl)(c4ccccc43)[C@@H]2C(=O)N1c1ccc(Cl)cc1Cl. The Kier molecular flexibility index (Phi) is 3.75. The van der Waals surface area contributed by atoms with E-state index in [1.165, 1.54) is 11.0 Å². The van der Waals surface area contributed by atoms with Crippen molar-refractivity contribution < 1.29 is 9.59 Å². The van der Waals surface area contributed by atoms with E-state index in [0.29, 0.717) is 10.7 Å². The zero-order chi connectivity index (χ0) is 20.8. The summed E-state index contributed by atoms with van der Waals surface area (Å²) in [7, 11) is 0. The first-order valence-electron chi connectivity index (χ1n) is 9.65. The highest BCUT2D eigenvalue weighted by Gasteiger charge is 2.68. The molecule has 6 heteroatoms. The predicted octanol–water partition coefficient (Wildman–Crippen LogP) is 5.74. The van der Waals surface area contributed by atoms with Crippen LogP contribution in [0.4, 0.5) is 5.69 Å². The zero-order valence-electron chi connectivity index (χ0n) is 15.5. The van der Waals surface area contributed by atoms with Gasteiger partial charge in [0.1, 0.15) is 4.87 Å². The summed E-state index contributed by atoms with van der Waals surface area (Å²) in [4.78, 5) is 27.5. The van der Waals surface area contributed by atoms with Crippen LogP contribution in [-0.2, 0) is 14.5 Å². The summed E-state index contributed by atoms with van der Waals surface area (Å²) in [6, 6.07) is 20.5. The molecular weight excluding hydrogens is 441 g/mol. The van der Waals surface area contributed by atoms with Gasteiger partial charge in [-0.25, -0.2) is 4.90 Å². The number of nitrogens with zero attached hydrogens (tertiary/aromatic N) is 1. The van der Waals surface area contributed by atoms with Crippen molar-refractivity contribution in [3.63, 3.8) is 0 Å². The fourth-order valence-electron chi connectivity index (χ4n) is 5.58. The molecule has 148 valence electrons. The standard InChI is InChI=1S/C24H14Cl3NO2/c25-12-9-10-18(17(26)11-12)28-22(29)20-19-13-5-1-3-7-15(13)24(27,21(20)23(28)30)16-8-4-2-6-14(16)19/h1-11,19-21H/t19?,20-,21+,24?/m1/s1. The molecule has 1 saturated heterocycles. The maximum atomic E-state index is 13.7. The Morgan fingerprint density at radius 2 is 1.40 bits per heavy atom. The molecule has 0 aromatic heterocycles. The summed E-state index contributed by atoms with van der Waals surface area (Å²) in [6.07, 6.45) is 0. The van der Waals surface area contributed by atoms with Crippen LogP contribution < -0.4 is 4.90 Å². The molecule has 1 aliphatic heterocycles. The largest absolute Gasteiger partial charge is 0.274 e. The number of carbonyl (C=O) groups excluding carboxylic acids is 2. The lowest BCUT2D eigenvalue weighted by atomic mass is 9.54. The second-order valence-corrected chi connectivity index (χ2v) is 9.41. The Balaban J connectivity index is 1.62. The minimum absolute atomic E-state index is 0.226. The highest BCUT2D eigenvalue weighted by Crippen LogP contribution is 2.66. The average Bonchev–Trinajstić information content (AvgIpc) is 3.01. The maximum absolute atomic E-state index is 13.7. The Labute approximate surface area is 188 Å². The number of hydrogen-bond donors (Lipinski definition) is 0. The van der Waals surface area contributed by atoms with Gasteiger partial charge in [0, 0.05) is 10.9 Å². The van der Waals surface area contributed by atoms with Crippen molar-refractivity contribution >= 4 is 52.3 Å². The minimum atomic E-state index is -1.10. The smallest absolute Gasteiger partial charge is 0.240 e. The molecule has 0 N–H and O–H groups in total. The molecule has 4 aliphatic rings. The minimum Gasteiger partial charge on any atom is -0.274 e. The summed E-state index contributed by atoms with van der Waals surface area (Å²) >= 11 is 19.8. The van der Waals surface area contributed by atoms with Crippen LogP contribution in [0.25, 0.3) is 0 Å². The lowest BCUT2D eigenvalue weighted by Crippen LogP contribution is -2.50. The summed E-state index contributed by atoms with van der Waals surface area (Å²) < 4.78 is 0. The second kappa shape index (κ2) is 6.10. The van der Waals surface area contributed by atoms with Crippen molar-refractivity contribution in [1.29, 1.82) is 0 Å². The van der Waals surface area contributed by atoms with Gasteiger partial charge in [-0.05, 0) is 40.5 Å². The number of benzene rings is 3. The van der Waals surface area contributed by atoms with Crippen LogP contribution in [0.3, 0.4) is 0 Å². The Bertz CT molecular complexity index is 1220. The molecule has 0 unspecified atom stereocenters. The van der Waals surface area contributed by atoms with Crippen molar-refractivity contribution in [3.8, 4) is 0 Å². The van der Waals surface area contributed by atoms with Gasteiger partial charge in [0.25, 0.3) is 0 Å². The molecule has 3 nitrogen and oxygen atoms in total. The van der Waals surface area contributed by atoms with E-state index in [4.69, 9.17) is 34.8 Å². The van der Waals surface area contributed by atoms with Gasteiger partial charge in [0.15, 0.2) is 0 Å². The third-order valence-electron chi connectivity index (χ3n) is 6.67. The quantitative estimate of drug-likeness (QED) is 0.347. The average molecular weight is 455 g/mol. The number of imide groups is 1. The third kappa shape index (κ3) is 2.08. The Hall–Kier alpha value is -2.33. The van der Waals surface area contributed by atoms with Crippen molar-refractivity contribution in [2.45, 2.75) is 10.8 Å². The summed E-state index contributed by atoms with van der Waals surface area (Å²) in [5.41, 5.74) is 4.18. The second-order valence-electron chi connectivity index (χ2n) is 7.98. The number of anilines is 1. The van der Waals surface area contributed by atoms with Crippen molar-refractivity contribution in [2.75, 3.05) is 4.90 Å². The van der Waals surface area contributed by atoms with Crippen LogP contribution >= 0.6 is 34.8 Å². The summed E-state index contributed by atoms with van der Waals surface area (Å²) in [5, 5.41) is 0.697. The van der Waals surface area contributed by atoms with E-state index in [9.17, 15) is 9.59 Å². The van der Waals surface area contributed by atoms with E-state index in [0.717, 1.165) is 22.3 Å². The van der Waals surface area contributed by atoms with Gasteiger partial charge >= 0.3 is 0 Å². The number of halogens is 3. The molecule has 2 amide bonds. The third-order valence-corrected chi connectivity index (χ3v) is 7.85. The zero-order valence-corrected chi connectivity index (χ0v) is 17.7. The van der Waals surface area contributed by atoms with Crippen LogP contribution in [0.2, 0.25) is 10.0 Å². The van der Waals surface area contributed by atoms with Crippen molar-refractivity contribution in [2.24, 2.45) is 11.8 Å². The number of rotatable bonds is 1. The number of amides is 2. The van der Waals surface area contributed by atoms with Gasteiger partial charge in [-0.15, -0.1) is 11.6 Å². The maximum Gasteiger partial charge on any atom is 0.240 e. The van der Waals surface area contributed by atoms with E-state index >= 15 is 0 Å². The fraction of sp³-hybridized carbons (Fsp3) is 0.167. The van der Waals surface area contributed by atoms with Crippen LogP contribution in [0.1, 0.15) is 28.2 Å². The molecule has 2 bridgehead atoms. The highest BCUT2D eigenvalue weighted by atomic mass is 35.5. The highest BCUT2D eigenvalue weighted by molar-refractivity contribution is 6.39. The monoisotopic (exact) mass is 453 g/mol. The molecular formula is C24H14Cl3NO2. The van der Waals surface area contributed by atoms with Crippen molar-refractivity contribution in [3.05, 3.63) is 99.0 Å². The normalized spacial score (nSPS) is 28.4. The fourth-order valence-corrected chi connectivity index (χ4v) is 6.65. The number of alkyl halides is 1. The number of hydrogen-bond acceptors (Lipinski definition) is 2.